The smallest absolute Gasteiger partial charge is 0.103 e. The number of ether oxygens (including phenoxy) is 1. The van der Waals surface area contributed by atoms with Crippen LogP contribution in [0, 0.1) is 11.3 Å². The summed E-state index contributed by atoms with van der Waals surface area (Å²) >= 11 is 0. The number of nitrogens with zero attached hydrogens (tertiary/aromatic N) is 5. The molecule has 0 N–H and O–H groups in total. The van der Waals surface area contributed by atoms with Gasteiger partial charge in [-0.2, -0.15) is 10.4 Å². The van der Waals surface area contributed by atoms with Crippen molar-refractivity contribution in [2.24, 2.45) is 0 Å². The van der Waals surface area contributed by atoms with Gasteiger partial charge in [0.15, 0.2) is 0 Å². The van der Waals surface area contributed by atoms with Crippen molar-refractivity contribution in [2.45, 2.75) is 19.6 Å². The third-order valence-electron chi connectivity index (χ3n) is 3.67. The fraction of sp³-hybridized carbons (Fsp3) is 0.400. The third kappa shape index (κ3) is 2.73. The maximum absolute atomic E-state index is 9.21. The van der Waals surface area contributed by atoms with Crippen LogP contribution in [-0.4, -0.2) is 34.5 Å². The summed E-state index contributed by atoms with van der Waals surface area (Å²) in [6.07, 6.45) is 7.19. The average Bonchev–Trinajstić information content (AvgIpc) is 3.04. The summed E-state index contributed by atoms with van der Waals surface area (Å²) < 4.78 is 7.75. The number of aromatic nitrogens is 3. The van der Waals surface area contributed by atoms with E-state index in [0.29, 0.717) is 18.7 Å². The van der Waals surface area contributed by atoms with E-state index in [1.54, 1.807) is 12.4 Å². The van der Waals surface area contributed by atoms with E-state index in [9.17, 15) is 5.26 Å². The summed E-state index contributed by atoms with van der Waals surface area (Å²) in [4.78, 5) is 6.19. The van der Waals surface area contributed by atoms with Crippen molar-refractivity contribution in [1.82, 2.24) is 14.8 Å². The Bertz CT molecular complexity index is 660. The molecule has 0 aliphatic carbocycles. The fourth-order valence-electron chi connectivity index (χ4n) is 2.54. The molecular weight excluding hydrogens is 266 g/mol. The van der Waals surface area contributed by atoms with Crippen molar-refractivity contribution in [1.29, 1.82) is 5.26 Å². The molecule has 21 heavy (non-hydrogen) atoms. The Hall–Kier alpha value is -2.39. The molecule has 0 aromatic carbocycles. The molecule has 1 aliphatic rings. The maximum Gasteiger partial charge on any atom is 0.103 e. The van der Waals surface area contributed by atoms with E-state index in [0.717, 1.165) is 24.3 Å². The molecule has 3 rings (SSSR count). The van der Waals surface area contributed by atoms with E-state index in [2.05, 4.69) is 28.0 Å². The van der Waals surface area contributed by atoms with E-state index in [4.69, 9.17) is 4.74 Å². The van der Waals surface area contributed by atoms with Gasteiger partial charge in [-0.25, -0.2) is 0 Å². The Kier molecular flexibility index (Phi) is 3.84. The molecule has 0 unspecified atom stereocenters. The zero-order valence-corrected chi connectivity index (χ0v) is 11.9. The number of rotatable bonds is 3. The number of anilines is 1. The number of hydrogen-bond donors (Lipinski definition) is 0. The van der Waals surface area contributed by atoms with Gasteiger partial charge in [-0.1, -0.05) is 0 Å². The molecule has 1 atom stereocenters. The Labute approximate surface area is 123 Å². The number of hydrogen-bond acceptors (Lipinski definition) is 5. The van der Waals surface area contributed by atoms with Crippen LogP contribution >= 0.6 is 0 Å². The third-order valence-corrected chi connectivity index (χ3v) is 3.67. The van der Waals surface area contributed by atoms with Crippen LogP contribution in [0.3, 0.4) is 0 Å². The summed E-state index contributed by atoms with van der Waals surface area (Å²) in [5, 5.41) is 13.5. The van der Waals surface area contributed by atoms with Crippen LogP contribution in [0.25, 0.3) is 0 Å². The quantitative estimate of drug-likeness (QED) is 0.858. The second-order valence-electron chi connectivity index (χ2n) is 4.94. The van der Waals surface area contributed by atoms with Gasteiger partial charge in [0.05, 0.1) is 24.1 Å². The lowest BCUT2D eigenvalue weighted by molar-refractivity contribution is 0.0397. The highest BCUT2D eigenvalue weighted by Crippen LogP contribution is 2.27. The summed E-state index contributed by atoms with van der Waals surface area (Å²) in [6, 6.07) is 4.08. The first-order valence-corrected chi connectivity index (χ1v) is 7.05. The van der Waals surface area contributed by atoms with Gasteiger partial charge < -0.3 is 9.64 Å². The van der Waals surface area contributed by atoms with Crippen molar-refractivity contribution in [2.75, 3.05) is 24.6 Å². The molecule has 0 bridgehead atoms. The lowest BCUT2D eigenvalue weighted by Crippen LogP contribution is -2.38. The Balaban J connectivity index is 1.81. The molecule has 1 fully saturated rings. The minimum absolute atomic E-state index is 0.0150. The SMILES string of the molecule is CCn1cc([C@H]2CN(c3ccncc3C#N)CCO2)cn1. The number of pyridine rings is 1. The van der Waals surface area contributed by atoms with Crippen LogP contribution in [0.2, 0.25) is 0 Å². The van der Waals surface area contributed by atoms with E-state index >= 15 is 0 Å². The van der Waals surface area contributed by atoms with Crippen LogP contribution in [-0.2, 0) is 11.3 Å². The second kappa shape index (κ2) is 5.94. The highest BCUT2D eigenvalue weighted by atomic mass is 16.5. The standard InChI is InChI=1S/C15H17N5O/c1-2-20-10-13(9-18-20)15-11-19(5-6-21-15)14-3-4-17-8-12(14)7-16/h3-4,8-10,15H,2,5-6,11H2,1H3/t15-/m1/s1. The van der Waals surface area contributed by atoms with Gasteiger partial charge in [0.2, 0.25) is 0 Å². The van der Waals surface area contributed by atoms with Crippen LogP contribution in [0.1, 0.15) is 24.2 Å². The van der Waals surface area contributed by atoms with Crippen molar-refractivity contribution in [3.63, 3.8) is 0 Å². The Morgan fingerprint density at radius 2 is 2.38 bits per heavy atom. The van der Waals surface area contributed by atoms with E-state index in [1.165, 1.54) is 0 Å². The normalized spacial score (nSPS) is 18.5. The van der Waals surface area contributed by atoms with Gasteiger partial charge in [0.1, 0.15) is 12.2 Å². The Morgan fingerprint density at radius 1 is 1.48 bits per heavy atom. The highest BCUT2D eigenvalue weighted by Gasteiger charge is 2.24. The summed E-state index contributed by atoms with van der Waals surface area (Å²) in [5.74, 6) is 0. The first-order valence-electron chi connectivity index (χ1n) is 7.05. The van der Waals surface area contributed by atoms with E-state index < -0.39 is 0 Å². The summed E-state index contributed by atoms with van der Waals surface area (Å²) in [5.41, 5.74) is 2.60. The molecule has 0 saturated carbocycles. The molecule has 1 aliphatic heterocycles. The Morgan fingerprint density at radius 3 is 3.14 bits per heavy atom. The van der Waals surface area contributed by atoms with Gasteiger partial charge in [-0.15, -0.1) is 0 Å². The molecule has 3 heterocycles. The van der Waals surface area contributed by atoms with Crippen LogP contribution in [0.15, 0.2) is 30.9 Å². The van der Waals surface area contributed by atoms with Crippen LogP contribution < -0.4 is 4.90 Å². The van der Waals surface area contributed by atoms with Gasteiger partial charge >= 0.3 is 0 Å². The topological polar surface area (TPSA) is 67.0 Å². The predicted octanol–water partition coefficient (Wildman–Crippen LogP) is 1.75. The first-order chi connectivity index (χ1) is 10.3. The molecule has 6 nitrogen and oxygen atoms in total. The largest absolute Gasteiger partial charge is 0.370 e. The number of aryl methyl sites for hydroxylation is 1. The van der Waals surface area contributed by atoms with Gasteiger partial charge in [-0.05, 0) is 13.0 Å². The van der Waals surface area contributed by atoms with Crippen LogP contribution in [0.4, 0.5) is 5.69 Å². The summed E-state index contributed by atoms with van der Waals surface area (Å²) in [7, 11) is 0. The van der Waals surface area contributed by atoms with Crippen molar-refractivity contribution >= 4 is 5.69 Å². The molecule has 1 saturated heterocycles. The zero-order valence-electron chi connectivity index (χ0n) is 11.9. The zero-order chi connectivity index (χ0) is 14.7. The molecule has 2 aromatic heterocycles. The molecule has 108 valence electrons. The average molecular weight is 283 g/mol. The number of nitriles is 1. The predicted molar refractivity (Wildman–Crippen MR) is 77.8 cm³/mol. The molecular formula is C15H17N5O. The first kappa shape index (κ1) is 13.6. The molecule has 0 spiro atoms. The van der Waals surface area contributed by atoms with E-state index in [-0.39, 0.29) is 6.10 Å². The van der Waals surface area contributed by atoms with Crippen molar-refractivity contribution < 1.29 is 4.74 Å². The second-order valence-corrected chi connectivity index (χ2v) is 4.94. The van der Waals surface area contributed by atoms with Gasteiger partial charge in [0, 0.05) is 43.8 Å². The van der Waals surface area contributed by atoms with E-state index in [1.807, 2.05) is 23.1 Å². The van der Waals surface area contributed by atoms with Crippen molar-refractivity contribution in [3.8, 4) is 6.07 Å². The number of morpholine rings is 1. The minimum atomic E-state index is -0.0150. The lowest BCUT2D eigenvalue weighted by atomic mass is 10.1. The lowest BCUT2D eigenvalue weighted by Gasteiger charge is -2.34. The van der Waals surface area contributed by atoms with Crippen LogP contribution in [0.5, 0.6) is 0 Å². The minimum Gasteiger partial charge on any atom is -0.370 e. The monoisotopic (exact) mass is 283 g/mol. The molecule has 2 aromatic rings. The summed E-state index contributed by atoms with van der Waals surface area (Å²) in [6.45, 7) is 5.03. The molecule has 6 heteroatoms. The van der Waals surface area contributed by atoms with Crippen molar-refractivity contribution in [3.05, 3.63) is 42.0 Å². The highest BCUT2D eigenvalue weighted by molar-refractivity contribution is 5.58. The molecule has 0 radical (unpaired) electrons. The molecule has 0 amide bonds. The fourth-order valence-corrected chi connectivity index (χ4v) is 2.54. The maximum atomic E-state index is 9.21. The van der Waals surface area contributed by atoms with Gasteiger partial charge in [-0.3, -0.25) is 9.67 Å². The van der Waals surface area contributed by atoms with Gasteiger partial charge in [0.25, 0.3) is 0 Å².